The third kappa shape index (κ3) is 44.7. The highest BCUT2D eigenvalue weighted by Crippen LogP contribution is 2.35. The number of hydrogen-bond donors (Lipinski definition) is 1. The molecule has 0 unspecified atom stereocenters. The van der Waals surface area contributed by atoms with Crippen molar-refractivity contribution < 1.29 is 41.4 Å². The summed E-state index contributed by atoms with van der Waals surface area (Å²) in [5, 5.41) is 8.71. The van der Waals surface area contributed by atoms with Crippen LogP contribution in [0.1, 0.15) is 295 Å². The minimum Gasteiger partial charge on any atom is -0.494 e. The molecular formula is C103H142ClF3N4O6S3. The Labute approximate surface area is 739 Å². The molecule has 120 heavy (non-hydrogen) atoms. The van der Waals surface area contributed by atoms with Gasteiger partial charge in [-0.25, -0.2) is 0 Å². The second-order valence-corrected chi connectivity index (χ2v) is 36.2. The van der Waals surface area contributed by atoms with Crippen LogP contribution in [0.2, 0.25) is 4.34 Å². The van der Waals surface area contributed by atoms with Crippen molar-refractivity contribution in [2.75, 3.05) is 32.4 Å². The van der Waals surface area contributed by atoms with Gasteiger partial charge in [0, 0.05) is 32.8 Å². The number of methoxy groups -OCH3 is 2. The van der Waals surface area contributed by atoms with Gasteiger partial charge in [0.1, 0.15) is 17.3 Å². The lowest BCUT2D eigenvalue weighted by Crippen LogP contribution is -2.09. The number of ether oxygens (including phenoxy) is 4. The topological polar surface area (TPSA) is 118 Å². The number of amides is 1. The van der Waals surface area contributed by atoms with Crippen LogP contribution in [0.4, 0.5) is 18.9 Å². The van der Waals surface area contributed by atoms with Crippen LogP contribution < -0.4 is 24.3 Å². The first-order valence-corrected chi connectivity index (χ1v) is 45.4. The highest BCUT2D eigenvalue weighted by atomic mass is 35.5. The maximum absolute atomic E-state index is 12.4. The van der Waals surface area contributed by atoms with Gasteiger partial charge < -0.3 is 28.8 Å². The quantitative estimate of drug-likeness (QED) is 0.0519. The monoisotopic (exact) mass is 1720 g/mol. The Morgan fingerprint density at radius 1 is 0.533 bits per heavy atom. The summed E-state index contributed by atoms with van der Waals surface area (Å²) in [6.07, 6.45) is 2.58. The number of benzene rings is 7. The lowest BCUT2D eigenvalue weighted by atomic mass is 9.97. The summed E-state index contributed by atoms with van der Waals surface area (Å²) in [5.41, 5.74) is 14.0. The number of carbonyl (C=O) groups excluding carboxylic acids is 1. The Balaban J connectivity index is 0.000000456. The van der Waals surface area contributed by atoms with E-state index in [2.05, 4.69) is 293 Å². The molecule has 10 nitrogen and oxygen atoms in total. The van der Waals surface area contributed by atoms with Gasteiger partial charge in [0.05, 0.1) is 42.5 Å². The molecule has 656 valence electrons. The van der Waals surface area contributed by atoms with Crippen LogP contribution in [0.3, 0.4) is 0 Å². The van der Waals surface area contributed by atoms with Crippen molar-refractivity contribution in [1.29, 1.82) is 0 Å². The summed E-state index contributed by atoms with van der Waals surface area (Å²) in [5.74, 6) is 8.89. The Kier molecular flexibility index (Phi) is 52.2. The number of nitrogens with one attached hydrogen (secondary N) is 1. The van der Waals surface area contributed by atoms with E-state index in [1.54, 1.807) is 49.1 Å². The average molecular weight is 1720 g/mol. The van der Waals surface area contributed by atoms with E-state index in [1.165, 1.54) is 117 Å². The Bertz CT molecular complexity index is 4450. The molecule has 0 radical (unpaired) electrons. The molecule has 1 amide bonds. The molecule has 0 aliphatic heterocycles. The summed E-state index contributed by atoms with van der Waals surface area (Å²) >= 11 is 11.0. The minimum atomic E-state index is -4.24. The molecule has 0 saturated heterocycles. The first-order valence-electron chi connectivity index (χ1n) is 42.1. The smallest absolute Gasteiger partial charge is 0.416 e. The van der Waals surface area contributed by atoms with Crippen LogP contribution in [0.25, 0.3) is 0 Å². The predicted octanol–water partition coefficient (Wildman–Crippen LogP) is 32.7. The number of thioether (sulfide) groups is 1. The van der Waals surface area contributed by atoms with Crippen LogP contribution in [-0.4, -0.2) is 48.1 Å². The van der Waals surface area contributed by atoms with Gasteiger partial charge in [-0.15, -0.1) is 34.4 Å². The molecule has 0 spiro atoms. The van der Waals surface area contributed by atoms with Crippen molar-refractivity contribution >= 4 is 57.6 Å². The highest BCUT2D eigenvalue weighted by Gasteiger charge is 2.33. The number of aryl methyl sites for hydroxylation is 4. The first kappa shape index (κ1) is 107. The van der Waals surface area contributed by atoms with Crippen LogP contribution in [0, 0.1) is 39.5 Å². The maximum Gasteiger partial charge on any atom is 0.416 e. The molecule has 0 aliphatic rings. The number of nitrogens with zero attached hydrogens (tertiary/aromatic N) is 3. The third-order valence-corrected chi connectivity index (χ3v) is 21.8. The van der Waals surface area contributed by atoms with Crippen molar-refractivity contribution in [2.24, 2.45) is 11.8 Å². The number of rotatable bonds is 22. The third-order valence-electron chi connectivity index (χ3n) is 18.3. The highest BCUT2D eigenvalue weighted by molar-refractivity contribution is 7.98. The van der Waals surface area contributed by atoms with Gasteiger partial charge in [-0.3, -0.25) is 4.79 Å². The van der Waals surface area contributed by atoms with E-state index in [9.17, 15) is 18.0 Å². The second-order valence-electron chi connectivity index (χ2n) is 32.6. The van der Waals surface area contributed by atoms with Crippen LogP contribution in [-0.2, 0) is 23.8 Å². The molecule has 0 saturated carbocycles. The van der Waals surface area contributed by atoms with E-state index < -0.39 is 11.7 Å². The maximum atomic E-state index is 12.4. The zero-order valence-corrected chi connectivity index (χ0v) is 80.7. The lowest BCUT2D eigenvalue weighted by Gasteiger charge is -2.14. The molecule has 11 rings (SSSR count). The van der Waals surface area contributed by atoms with Crippen molar-refractivity contribution in [3.63, 3.8) is 0 Å². The number of hydrogen-bond acceptors (Lipinski definition) is 12. The van der Waals surface area contributed by atoms with Crippen molar-refractivity contribution in [1.82, 2.24) is 15.1 Å². The number of anilines is 1. The van der Waals surface area contributed by atoms with E-state index in [1.807, 2.05) is 79.8 Å². The fourth-order valence-corrected chi connectivity index (χ4v) is 13.6. The van der Waals surface area contributed by atoms with E-state index in [0.717, 1.165) is 58.2 Å². The van der Waals surface area contributed by atoms with E-state index in [-0.39, 0.29) is 17.8 Å². The summed E-state index contributed by atoms with van der Waals surface area (Å²) in [6, 6.07) is 66.1. The molecule has 11 aromatic rings. The van der Waals surface area contributed by atoms with Crippen molar-refractivity contribution in [2.45, 2.75) is 264 Å². The molecule has 0 bridgehead atoms. The molecule has 1 N–H and O–H groups in total. The number of halogens is 4. The van der Waals surface area contributed by atoms with Gasteiger partial charge in [0.25, 0.3) is 0 Å². The molecular weight excluding hydrogens is 1580 g/mol. The van der Waals surface area contributed by atoms with Crippen molar-refractivity contribution in [3.05, 3.63) is 292 Å². The van der Waals surface area contributed by atoms with Gasteiger partial charge >= 0.3 is 12.2 Å². The van der Waals surface area contributed by atoms with Gasteiger partial charge in [-0.1, -0.05) is 295 Å². The number of unbranched alkanes of at least 4 members (excludes halogenated alkanes) is 1. The van der Waals surface area contributed by atoms with Crippen LogP contribution in [0.15, 0.2) is 215 Å². The van der Waals surface area contributed by atoms with Crippen molar-refractivity contribution in [3.8, 4) is 29.3 Å². The molecule has 7 aromatic carbocycles. The zero-order chi connectivity index (χ0) is 90.2. The van der Waals surface area contributed by atoms with E-state index in [4.69, 9.17) is 35.1 Å². The number of alkyl halides is 3. The standard InChI is InChI=1S/C15H18N2O3.C13H20O.C11H15NO.2C11H16.C10H11F3.C10H14S.C8H13NO.C7H9ClS.C7H10S/c1-10(2)11-5-7-12(8-6-11)20-15-16-13(18-3)9-14(17-15)19-4;1-4-5-10-14-13-8-6-12(7-9-13)11(2)3;1-8(2)10-4-6-11(7-5-10)12-9(3)13;1-9(2)8-11-6-4-10(3)5-7-11;1-9(2)8-11-7-5-4-6-10(11)3;1-7(2)8-5-3-4-6-9(8)10(11,12)13;1-8(2)9-4-6-10(11-3)7-5-9;1-5(2)8-6(3)9-10-7(8)4;1-5(2)6-3-4-7(8)9-6;1-6(2)7-4-3-5-8-7/h5-10H,1-4H3;6-9,11H,4-5,10H2,1-3H3;4-8H,1-3H3,(H,12,13);2*4-7,9H,8H2,1-3H3;3-7H,1-2H3;4-8H,1-3H3;5H,1-4H3;3-5H,1-2H3;3-6H,1-2H3. The zero-order valence-electron chi connectivity index (χ0n) is 77.5. The van der Waals surface area contributed by atoms with Crippen LogP contribution in [0.5, 0.6) is 29.3 Å². The fraction of sp³-hybridized carbons (Fsp3) is 0.437. The number of thiophene rings is 2. The number of carbonyl (C=O) groups is 1. The van der Waals surface area contributed by atoms with E-state index >= 15 is 0 Å². The molecule has 4 heterocycles. The summed E-state index contributed by atoms with van der Waals surface area (Å²) in [4.78, 5) is 23.1. The predicted molar refractivity (Wildman–Crippen MR) is 511 cm³/mol. The van der Waals surface area contributed by atoms with Gasteiger partial charge in [0.15, 0.2) is 0 Å². The SMILES string of the molecule is CC(=O)Nc1ccc(C(C)C)cc1.CC(C)c1ccc(Cl)s1.CC(C)c1ccccc1C(F)(F)F.CC(C)c1cccs1.CCCCOc1ccc(C(C)C)cc1.COc1cc(OC)nc(Oc2ccc(C(C)C)cc2)n1.CSc1ccc(C(C)C)cc1.Cc1ccc(CC(C)C)cc1.Cc1ccccc1CC(C)C.Cc1noc(C)c1C(C)C. The molecule has 17 heteroatoms. The summed E-state index contributed by atoms with van der Waals surface area (Å²) in [6.45, 7) is 55.7. The average Bonchev–Trinajstić information content (AvgIpc) is 0.991. The fourth-order valence-electron chi connectivity index (χ4n) is 11.4. The number of aromatic nitrogens is 3. The normalized spacial score (nSPS) is 10.7. The lowest BCUT2D eigenvalue weighted by molar-refractivity contribution is -0.138. The molecule has 0 atom stereocenters. The van der Waals surface area contributed by atoms with Gasteiger partial charge in [-0.05, 0) is 235 Å². The minimum absolute atomic E-state index is 0.0303. The van der Waals surface area contributed by atoms with E-state index in [0.29, 0.717) is 64.5 Å². The second kappa shape index (κ2) is 58.4. The van der Waals surface area contributed by atoms with Crippen LogP contribution >= 0.6 is 46.0 Å². The first-order chi connectivity index (χ1) is 56.6. The Hall–Kier alpha value is -8.67. The van der Waals surface area contributed by atoms with Gasteiger partial charge in [-0.2, -0.15) is 23.1 Å². The molecule has 0 fully saturated rings. The van der Waals surface area contributed by atoms with Gasteiger partial charge in [0.2, 0.25) is 17.7 Å². The Morgan fingerprint density at radius 2 is 1.02 bits per heavy atom. The Morgan fingerprint density at radius 3 is 1.38 bits per heavy atom. The summed E-state index contributed by atoms with van der Waals surface area (Å²) < 4.78 is 64.5. The molecule has 4 aromatic heterocycles. The summed E-state index contributed by atoms with van der Waals surface area (Å²) in [7, 11) is 3.06. The largest absolute Gasteiger partial charge is 0.494 e. The molecule has 0 aliphatic carbocycles.